The number of aryl methyl sites for hydroxylation is 2. The average molecular weight is 369 g/mol. The maximum Gasteiger partial charge on any atom is 0.292 e. The molecule has 0 fully saturated rings. The van der Waals surface area contributed by atoms with E-state index < -0.39 is 4.92 Å². The maximum absolute atomic E-state index is 12.3. The Morgan fingerprint density at radius 3 is 2.52 bits per heavy atom. The van der Waals surface area contributed by atoms with Crippen molar-refractivity contribution >= 4 is 23.1 Å². The highest BCUT2D eigenvalue weighted by atomic mass is 16.6. The summed E-state index contributed by atoms with van der Waals surface area (Å²) in [4.78, 5) is 34.7. The second kappa shape index (κ2) is 9.47. The first-order valence-corrected chi connectivity index (χ1v) is 8.73. The molecular weight excluding hydrogens is 346 g/mol. The molecule has 0 unspecified atom stereocenters. The maximum atomic E-state index is 12.3. The number of Topliss-reactive ketones (excluding diaryl/α,β-unsaturated/α-hetero) is 1. The molecule has 0 aliphatic carbocycles. The second-order valence-electron chi connectivity index (χ2n) is 6.29. The normalized spacial score (nSPS) is 10.3. The number of carbonyl (C=O) groups excluding carboxylic acids is 2. The predicted octanol–water partition coefficient (Wildman–Crippen LogP) is 3.40. The SMILES string of the molecule is Cc1ccc(C)c(C(=O)CCC(=O)NCCNc2ccccc2[N+](=O)[O-])c1. The van der Waals surface area contributed by atoms with E-state index in [0.717, 1.165) is 11.1 Å². The summed E-state index contributed by atoms with van der Waals surface area (Å²) in [5.41, 5.74) is 2.96. The lowest BCUT2D eigenvalue weighted by atomic mass is 9.99. The summed E-state index contributed by atoms with van der Waals surface area (Å²) < 4.78 is 0. The Labute approximate surface area is 157 Å². The van der Waals surface area contributed by atoms with Crippen LogP contribution in [0.3, 0.4) is 0 Å². The van der Waals surface area contributed by atoms with Crippen LogP contribution in [0, 0.1) is 24.0 Å². The van der Waals surface area contributed by atoms with E-state index >= 15 is 0 Å². The first-order chi connectivity index (χ1) is 12.9. The number of nitro groups is 1. The highest BCUT2D eigenvalue weighted by Gasteiger charge is 2.13. The Morgan fingerprint density at radius 1 is 1.04 bits per heavy atom. The van der Waals surface area contributed by atoms with Crippen LogP contribution in [0.4, 0.5) is 11.4 Å². The van der Waals surface area contributed by atoms with Crippen LogP contribution in [-0.2, 0) is 4.79 Å². The monoisotopic (exact) mass is 369 g/mol. The molecular formula is C20H23N3O4. The lowest BCUT2D eigenvalue weighted by molar-refractivity contribution is -0.384. The van der Waals surface area contributed by atoms with Crippen LogP contribution in [-0.4, -0.2) is 29.7 Å². The number of hydrogen-bond acceptors (Lipinski definition) is 5. The first kappa shape index (κ1) is 20.1. The summed E-state index contributed by atoms with van der Waals surface area (Å²) in [6, 6.07) is 12.0. The summed E-state index contributed by atoms with van der Waals surface area (Å²) in [6.45, 7) is 4.46. The van der Waals surface area contributed by atoms with Crippen molar-refractivity contribution in [3.8, 4) is 0 Å². The van der Waals surface area contributed by atoms with E-state index in [1.165, 1.54) is 6.07 Å². The summed E-state index contributed by atoms with van der Waals surface area (Å²) in [5.74, 6) is -0.276. The Bertz CT molecular complexity index is 849. The van der Waals surface area contributed by atoms with E-state index in [2.05, 4.69) is 10.6 Å². The van der Waals surface area contributed by atoms with Crippen molar-refractivity contribution < 1.29 is 14.5 Å². The van der Waals surface area contributed by atoms with Gasteiger partial charge in [-0.25, -0.2) is 0 Å². The van der Waals surface area contributed by atoms with E-state index in [4.69, 9.17) is 0 Å². The molecule has 2 rings (SSSR count). The molecule has 7 nitrogen and oxygen atoms in total. The van der Waals surface area contributed by atoms with Gasteiger partial charge < -0.3 is 10.6 Å². The van der Waals surface area contributed by atoms with Crippen LogP contribution in [0.1, 0.15) is 34.3 Å². The van der Waals surface area contributed by atoms with Gasteiger partial charge >= 0.3 is 0 Å². The molecule has 1 amide bonds. The van der Waals surface area contributed by atoms with Crippen LogP contribution in [0.15, 0.2) is 42.5 Å². The molecule has 0 aromatic heterocycles. The molecule has 0 radical (unpaired) electrons. The van der Waals surface area contributed by atoms with E-state index in [1.54, 1.807) is 18.2 Å². The molecule has 0 spiro atoms. The fraction of sp³-hybridized carbons (Fsp3) is 0.300. The van der Waals surface area contributed by atoms with Crippen molar-refractivity contribution in [1.29, 1.82) is 0 Å². The molecule has 27 heavy (non-hydrogen) atoms. The average Bonchev–Trinajstić information content (AvgIpc) is 2.65. The van der Waals surface area contributed by atoms with E-state index in [0.29, 0.717) is 24.3 Å². The number of hydrogen-bond donors (Lipinski definition) is 2. The molecule has 0 atom stereocenters. The summed E-state index contributed by atoms with van der Waals surface area (Å²) >= 11 is 0. The molecule has 0 bridgehead atoms. The van der Waals surface area contributed by atoms with Gasteiger partial charge in [-0.05, 0) is 31.5 Å². The topological polar surface area (TPSA) is 101 Å². The Morgan fingerprint density at radius 2 is 1.78 bits per heavy atom. The molecule has 2 aromatic carbocycles. The molecule has 0 heterocycles. The molecule has 7 heteroatoms. The zero-order valence-electron chi connectivity index (χ0n) is 15.5. The minimum Gasteiger partial charge on any atom is -0.378 e. The van der Waals surface area contributed by atoms with Gasteiger partial charge in [0.25, 0.3) is 5.69 Å². The smallest absolute Gasteiger partial charge is 0.292 e. The van der Waals surface area contributed by atoms with Gasteiger partial charge in [-0.3, -0.25) is 19.7 Å². The van der Waals surface area contributed by atoms with Crippen LogP contribution in [0.25, 0.3) is 0 Å². The molecule has 0 aliphatic rings. The summed E-state index contributed by atoms with van der Waals surface area (Å²) in [6.07, 6.45) is 0.255. The Hall–Kier alpha value is -3.22. The highest BCUT2D eigenvalue weighted by molar-refractivity contribution is 5.99. The minimum atomic E-state index is -0.459. The van der Waals surface area contributed by atoms with Crippen LogP contribution in [0.5, 0.6) is 0 Å². The van der Waals surface area contributed by atoms with Gasteiger partial charge in [0, 0.05) is 37.6 Å². The number of ketones is 1. The largest absolute Gasteiger partial charge is 0.378 e. The van der Waals surface area contributed by atoms with Gasteiger partial charge in [0.2, 0.25) is 5.91 Å². The third-order valence-corrected chi connectivity index (χ3v) is 4.14. The Kier molecular flexibility index (Phi) is 7.05. The van der Waals surface area contributed by atoms with Crippen molar-refractivity contribution in [1.82, 2.24) is 5.32 Å². The van der Waals surface area contributed by atoms with Gasteiger partial charge in [-0.2, -0.15) is 0 Å². The fourth-order valence-corrected chi connectivity index (χ4v) is 2.67. The molecule has 2 aromatic rings. The van der Waals surface area contributed by atoms with E-state index in [1.807, 2.05) is 32.0 Å². The number of amides is 1. The Balaban J connectivity index is 1.75. The summed E-state index contributed by atoms with van der Waals surface area (Å²) in [7, 11) is 0. The van der Waals surface area contributed by atoms with Gasteiger partial charge in [0.05, 0.1) is 4.92 Å². The quantitative estimate of drug-likeness (QED) is 0.305. The van der Waals surface area contributed by atoms with Gasteiger partial charge in [-0.15, -0.1) is 0 Å². The third kappa shape index (κ3) is 5.91. The molecule has 142 valence electrons. The zero-order chi connectivity index (χ0) is 19.8. The second-order valence-corrected chi connectivity index (χ2v) is 6.29. The van der Waals surface area contributed by atoms with E-state index in [9.17, 15) is 19.7 Å². The third-order valence-electron chi connectivity index (χ3n) is 4.14. The number of nitrogens with one attached hydrogen (secondary N) is 2. The number of anilines is 1. The number of nitrogens with zero attached hydrogens (tertiary/aromatic N) is 1. The molecule has 0 saturated carbocycles. The number of carbonyl (C=O) groups is 2. The van der Waals surface area contributed by atoms with Crippen LogP contribution >= 0.6 is 0 Å². The van der Waals surface area contributed by atoms with Gasteiger partial charge in [0.1, 0.15) is 5.69 Å². The lowest BCUT2D eigenvalue weighted by Crippen LogP contribution is -2.29. The van der Waals surface area contributed by atoms with Crippen molar-refractivity contribution in [2.45, 2.75) is 26.7 Å². The van der Waals surface area contributed by atoms with Gasteiger partial charge in [0.15, 0.2) is 5.78 Å². The lowest BCUT2D eigenvalue weighted by Gasteiger charge is -2.09. The van der Waals surface area contributed by atoms with Crippen LogP contribution in [0.2, 0.25) is 0 Å². The molecule has 0 saturated heterocycles. The minimum absolute atomic E-state index is 0.0112. The number of nitro benzene ring substituents is 1. The predicted molar refractivity (Wildman–Crippen MR) is 104 cm³/mol. The van der Waals surface area contributed by atoms with Crippen molar-refractivity contribution in [3.05, 3.63) is 69.3 Å². The van der Waals surface area contributed by atoms with Crippen molar-refractivity contribution in [2.24, 2.45) is 0 Å². The summed E-state index contributed by atoms with van der Waals surface area (Å²) in [5, 5.41) is 16.6. The van der Waals surface area contributed by atoms with Crippen molar-refractivity contribution in [3.63, 3.8) is 0 Å². The number of para-hydroxylation sites is 2. The van der Waals surface area contributed by atoms with Gasteiger partial charge in [-0.1, -0.05) is 29.8 Å². The standard InChI is InChI=1S/C20H23N3O4/c1-14-7-8-15(2)16(13-14)19(24)9-10-20(25)22-12-11-21-17-5-3-4-6-18(17)23(26)27/h3-8,13,21H,9-12H2,1-2H3,(H,22,25). The van der Waals surface area contributed by atoms with Crippen LogP contribution < -0.4 is 10.6 Å². The number of benzene rings is 2. The molecule has 0 aliphatic heterocycles. The zero-order valence-corrected chi connectivity index (χ0v) is 15.5. The molecule has 2 N–H and O–H groups in total. The first-order valence-electron chi connectivity index (χ1n) is 8.73. The number of rotatable bonds is 9. The van der Waals surface area contributed by atoms with E-state index in [-0.39, 0.29) is 30.2 Å². The fourth-order valence-electron chi connectivity index (χ4n) is 2.67. The van der Waals surface area contributed by atoms with Crippen molar-refractivity contribution in [2.75, 3.05) is 18.4 Å². The highest BCUT2D eigenvalue weighted by Crippen LogP contribution is 2.22.